The Morgan fingerprint density at radius 2 is 1.62 bits per heavy atom. The summed E-state index contributed by atoms with van der Waals surface area (Å²) < 4.78 is 98.9. The maximum Gasteiger partial charge on any atom is 0.490 e. The number of ether oxygens (including phenoxy) is 1. The van der Waals surface area contributed by atoms with Gasteiger partial charge >= 0.3 is 24.3 Å². The number of amides is 1. The van der Waals surface area contributed by atoms with E-state index in [2.05, 4.69) is 36.7 Å². The number of hydrogen-bond donors (Lipinski definition) is 4. The first-order chi connectivity index (χ1) is 26.0. The highest BCUT2D eigenvalue weighted by Crippen LogP contribution is 2.32. The number of pyridine rings is 1. The third-order valence-electron chi connectivity index (χ3n) is 8.27. The van der Waals surface area contributed by atoms with Crippen LogP contribution in [0.2, 0.25) is 5.02 Å². The predicted molar refractivity (Wildman–Crippen MR) is 179 cm³/mol. The normalized spacial score (nSPS) is 15.8. The van der Waals surface area contributed by atoms with E-state index < -0.39 is 47.2 Å². The smallest absolute Gasteiger partial charge is 0.489 e. The number of fused-ring (bicyclic) bond motifs is 1. The van der Waals surface area contributed by atoms with Gasteiger partial charge in [-0.25, -0.2) is 27.9 Å². The molecule has 0 unspecified atom stereocenters. The minimum absolute atomic E-state index is 0.104. The number of benzene rings is 1. The van der Waals surface area contributed by atoms with E-state index >= 15 is 0 Å². The molecule has 300 valence electrons. The monoisotopic (exact) mass is 820 g/mol. The molecule has 3 aromatic heterocycles. The van der Waals surface area contributed by atoms with Crippen LogP contribution in [-0.2, 0) is 9.59 Å². The van der Waals surface area contributed by atoms with Crippen molar-refractivity contribution in [1.29, 1.82) is 5.26 Å². The van der Waals surface area contributed by atoms with Crippen LogP contribution in [0.25, 0.3) is 16.8 Å². The molecule has 2 aliphatic heterocycles. The summed E-state index contributed by atoms with van der Waals surface area (Å²) >= 11 is 6.11. The number of nitriles is 1. The summed E-state index contributed by atoms with van der Waals surface area (Å²) in [6.45, 7) is 3.53. The Kier molecular flexibility index (Phi) is 13.0. The largest absolute Gasteiger partial charge is 0.490 e. The Labute approximate surface area is 315 Å². The van der Waals surface area contributed by atoms with Gasteiger partial charge in [0.05, 0.1) is 52.1 Å². The average molecular weight is 821 g/mol. The summed E-state index contributed by atoms with van der Waals surface area (Å²) in [6, 6.07) is 7.59. The second-order valence-corrected chi connectivity index (χ2v) is 13.0. The quantitative estimate of drug-likeness (QED) is 0.178. The van der Waals surface area contributed by atoms with Gasteiger partial charge in [-0.1, -0.05) is 11.6 Å². The number of nitrogens with zero attached hydrogens (tertiary/aromatic N) is 6. The maximum absolute atomic E-state index is 14.5. The number of rotatable bonds is 7. The number of anilines is 1. The van der Waals surface area contributed by atoms with E-state index in [0.717, 1.165) is 6.07 Å². The van der Waals surface area contributed by atoms with E-state index in [1.807, 2.05) is 6.92 Å². The number of aromatic nitrogens is 4. The van der Waals surface area contributed by atoms with Crippen molar-refractivity contribution in [2.24, 2.45) is 0 Å². The van der Waals surface area contributed by atoms with Crippen molar-refractivity contribution in [3.8, 4) is 23.1 Å². The fourth-order valence-electron chi connectivity index (χ4n) is 5.15. The number of hydrogen-bond acceptors (Lipinski definition) is 10. The summed E-state index contributed by atoms with van der Waals surface area (Å²) in [5.74, 6) is -5.39. The Morgan fingerprint density at radius 1 is 1.02 bits per heavy atom. The molecular formula is C33H29ClF8N8O6. The fourth-order valence-corrected chi connectivity index (χ4v) is 5.36. The lowest BCUT2D eigenvalue weighted by Crippen LogP contribution is -2.59. The SMILES string of the molecule is CC1(NC(=O)c2cc(F)ccc2Cl)CCN(c2cnc(-c3cc(OCC4(F)CNC4)cn4ncc(C#N)c34)cn2)CC1.O=C(O)C(F)(F)F.O=C(O)C(F)(F)F. The van der Waals surface area contributed by atoms with Crippen LogP contribution in [0.5, 0.6) is 5.75 Å². The van der Waals surface area contributed by atoms with Crippen molar-refractivity contribution in [2.45, 2.75) is 43.3 Å². The topological polar surface area (TPSA) is 195 Å². The molecule has 5 heterocycles. The summed E-state index contributed by atoms with van der Waals surface area (Å²) in [7, 11) is 0. The molecule has 23 heteroatoms. The summed E-state index contributed by atoms with van der Waals surface area (Å²) in [6.07, 6.45) is -2.56. The fraction of sp³-hybridized carbons (Fsp3) is 0.364. The highest BCUT2D eigenvalue weighted by atomic mass is 35.5. The van der Waals surface area contributed by atoms with Gasteiger partial charge in [-0.05, 0) is 44.0 Å². The van der Waals surface area contributed by atoms with Gasteiger partial charge in [-0.3, -0.25) is 9.78 Å². The van der Waals surface area contributed by atoms with E-state index in [0.29, 0.717) is 59.8 Å². The lowest BCUT2D eigenvalue weighted by molar-refractivity contribution is -0.193. The van der Waals surface area contributed by atoms with Crippen LogP contribution in [0.4, 0.5) is 40.9 Å². The molecule has 0 spiro atoms. The van der Waals surface area contributed by atoms with Crippen molar-refractivity contribution in [2.75, 3.05) is 37.7 Å². The molecule has 1 amide bonds. The zero-order valence-electron chi connectivity index (χ0n) is 28.7. The molecular weight excluding hydrogens is 792 g/mol. The van der Waals surface area contributed by atoms with Gasteiger partial charge in [0.25, 0.3) is 5.91 Å². The van der Waals surface area contributed by atoms with Crippen LogP contribution in [0.15, 0.2) is 49.1 Å². The summed E-state index contributed by atoms with van der Waals surface area (Å²) in [5, 5.41) is 34.3. The van der Waals surface area contributed by atoms with Gasteiger partial charge in [-0.15, -0.1) is 0 Å². The van der Waals surface area contributed by atoms with Gasteiger partial charge in [0, 0.05) is 37.3 Å². The standard InChI is InChI=1S/C29H27ClF2N8O2.2C2HF3O2/c1-28(38-27(41)21-8-19(31)2-3-23(21)30)4-6-39(7-5-28)25-13-35-24(12-36-25)22-9-20(42-17-29(32)15-34-16-29)14-40-26(22)18(10-33)11-37-40;2*3-2(4,5)1(6)7/h2-3,8-9,11-14,34H,4-7,15-17H2,1H3,(H,38,41);2*(H,6,7). The minimum Gasteiger partial charge on any atom is -0.489 e. The van der Waals surface area contributed by atoms with E-state index in [4.69, 9.17) is 36.1 Å². The Hall–Kier alpha value is -5.82. The lowest BCUT2D eigenvalue weighted by atomic mass is 9.89. The number of nitrogens with one attached hydrogen (secondary N) is 2. The first-order valence-corrected chi connectivity index (χ1v) is 16.3. The lowest BCUT2D eigenvalue weighted by Gasteiger charge is -2.40. The van der Waals surface area contributed by atoms with E-state index in [1.165, 1.54) is 22.8 Å². The van der Waals surface area contributed by atoms with E-state index in [9.17, 15) is 45.2 Å². The first kappa shape index (κ1) is 42.9. The van der Waals surface area contributed by atoms with Crippen molar-refractivity contribution in [3.63, 3.8) is 0 Å². The van der Waals surface area contributed by atoms with Crippen molar-refractivity contribution in [3.05, 3.63) is 71.0 Å². The number of aliphatic carboxylic acids is 2. The van der Waals surface area contributed by atoms with Crippen LogP contribution >= 0.6 is 11.6 Å². The molecule has 0 atom stereocenters. The van der Waals surface area contributed by atoms with Crippen LogP contribution in [0.1, 0.15) is 35.7 Å². The van der Waals surface area contributed by atoms with Crippen molar-refractivity contribution < 1.29 is 64.5 Å². The molecule has 4 N–H and O–H groups in total. The average Bonchev–Trinajstić information content (AvgIpc) is 3.54. The number of carbonyl (C=O) groups excluding carboxylic acids is 1. The summed E-state index contributed by atoms with van der Waals surface area (Å²) in [4.78, 5) is 41.9. The van der Waals surface area contributed by atoms with Gasteiger partial charge in [-0.2, -0.15) is 36.7 Å². The van der Waals surface area contributed by atoms with E-state index in [1.54, 1.807) is 24.7 Å². The van der Waals surface area contributed by atoms with Crippen LogP contribution in [0.3, 0.4) is 0 Å². The number of alkyl halides is 7. The highest BCUT2D eigenvalue weighted by molar-refractivity contribution is 6.33. The van der Waals surface area contributed by atoms with Gasteiger partial charge in [0.15, 0.2) is 5.67 Å². The first-order valence-electron chi connectivity index (χ1n) is 15.9. The zero-order valence-corrected chi connectivity index (χ0v) is 29.4. The number of carbonyl (C=O) groups is 3. The van der Waals surface area contributed by atoms with Crippen LogP contribution in [0, 0.1) is 17.1 Å². The van der Waals surface area contributed by atoms with Crippen LogP contribution < -0.4 is 20.3 Å². The molecule has 0 bridgehead atoms. The molecule has 2 aliphatic rings. The minimum atomic E-state index is -5.08. The molecule has 2 saturated heterocycles. The van der Waals surface area contributed by atoms with E-state index in [-0.39, 0.29) is 30.3 Å². The molecule has 56 heavy (non-hydrogen) atoms. The van der Waals surface area contributed by atoms with Gasteiger partial charge in [0.1, 0.15) is 30.1 Å². The third-order valence-corrected chi connectivity index (χ3v) is 8.60. The predicted octanol–water partition coefficient (Wildman–Crippen LogP) is 5.20. The third kappa shape index (κ3) is 10.9. The van der Waals surface area contributed by atoms with Gasteiger partial charge in [0.2, 0.25) is 0 Å². The molecule has 0 saturated carbocycles. The van der Waals surface area contributed by atoms with Gasteiger partial charge < -0.3 is 30.5 Å². The molecule has 0 radical (unpaired) electrons. The second-order valence-electron chi connectivity index (χ2n) is 12.6. The molecule has 6 rings (SSSR count). The second kappa shape index (κ2) is 16.9. The Morgan fingerprint density at radius 3 is 2.12 bits per heavy atom. The zero-order chi connectivity index (χ0) is 41.6. The molecule has 4 aromatic rings. The number of carboxylic acid groups (broad SMARTS) is 2. The molecule has 2 fully saturated rings. The molecule has 14 nitrogen and oxygen atoms in total. The van der Waals surface area contributed by atoms with Crippen molar-refractivity contribution >= 4 is 40.8 Å². The molecule has 0 aliphatic carbocycles. The number of piperidine rings is 1. The Bertz CT molecular complexity index is 2090. The highest BCUT2D eigenvalue weighted by Gasteiger charge is 2.39. The Balaban J connectivity index is 0.000000425. The van der Waals surface area contributed by atoms with Crippen LogP contribution in [-0.4, -0.2) is 104 Å². The van der Waals surface area contributed by atoms with Crippen molar-refractivity contribution in [1.82, 2.24) is 30.2 Å². The molecule has 1 aromatic carbocycles. The number of carboxylic acids is 2. The number of halogens is 9. The maximum atomic E-state index is 14.5. The summed E-state index contributed by atoms with van der Waals surface area (Å²) in [5.41, 5.74) is 0.189.